The van der Waals surface area contributed by atoms with Crippen molar-refractivity contribution >= 4 is 27.5 Å². The predicted octanol–water partition coefficient (Wildman–Crippen LogP) is 4.61. The first-order valence-corrected chi connectivity index (χ1v) is 10.4. The van der Waals surface area contributed by atoms with Crippen LogP contribution in [0.3, 0.4) is 0 Å². The van der Waals surface area contributed by atoms with Gasteiger partial charge in [0.2, 0.25) is 9.84 Å². The summed E-state index contributed by atoms with van der Waals surface area (Å²) >= 11 is 0. The van der Waals surface area contributed by atoms with Crippen molar-refractivity contribution in [2.24, 2.45) is 0 Å². The number of sulfone groups is 1. The normalized spacial score (nSPS) is 19.4. The van der Waals surface area contributed by atoms with Gasteiger partial charge in [-0.3, -0.25) is 9.69 Å². The van der Waals surface area contributed by atoms with Crippen LogP contribution in [0.15, 0.2) is 77.7 Å². The molecule has 3 aromatic rings. The second-order valence-electron chi connectivity index (χ2n) is 6.66. The molecule has 3 aromatic carbocycles. The Morgan fingerprint density at radius 3 is 2.00 bits per heavy atom. The molecule has 0 radical (unpaired) electrons. The summed E-state index contributed by atoms with van der Waals surface area (Å²) in [7, 11) is -4.26. The third-order valence-corrected chi connectivity index (χ3v) is 6.65. The van der Waals surface area contributed by atoms with Crippen LogP contribution in [0.2, 0.25) is 0 Å². The highest BCUT2D eigenvalue weighted by molar-refractivity contribution is 7.97. The lowest BCUT2D eigenvalue weighted by molar-refractivity contribution is -0.114. The van der Waals surface area contributed by atoms with E-state index in [0.717, 1.165) is 41.3 Å². The molecule has 1 saturated heterocycles. The van der Waals surface area contributed by atoms with Crippen LogP contribution >= 0.6 is 0 Å². The van der Waals surface area contributed by atoms with Crippen molar-refractivity contribution in [1.29, 1.82) is 0 Å². The van der Waals surface area contributed by atoms with E-state index in [0.29, 0.717) is 5.56 Å². The summed E-state index contributed by atoms with van der Waals surface area (Å²) in [5, 5.41) is -1.50. The van der Waals surface area contributed by atoms with E-state index in [-0.39, 0.29) is 11.3 Å². The third kappa shape index (κ3) is 3.50. The van der Waals surface area contributed by atoms with Gasteiger partial charge in [-0.25, -0.2) is 21.6 Å². The number of nitrogens with zero attached hydrogens (tertiary/aromatic N) is 1. The molecule has 8 heteroatoms. The molecule has 0 aliphatic carbocycles. The van der Waals surface area contributed by atoms with Crippen molar-refractivity contribution in [3.63, 3.8) is 0 Å². The number of carbonyl (C=O) groups is 1. The van der Waals surface area contributed by atoms with Gasteiger partial charge >= 0.3 is 0 Å². The summed E-state index contributed by atoms with van der Waals surface area (Å²) in [6.07, 6.45) is 1.15. The minimum atomic E-state index is -4.26. The Balaban J connectivity index is 1.91. The number of anilines is 1. The van der Waals surface area contributed by atoms with Gasteiger partial charge in [-0.1, -0.05) is 30.3 Å². The number of hydrogen-bond acceptors (Lipinski definition) is 3. The van der Waals surface area contributed by atoms with Gasteiger partial charge in [0.15, 0.2) is 5.37 Å². The molecular formula is C22H14F3NO3S. The first-order valence-electron chi connectivity index (χ1n) is 8.83. The molecule has 1 unspecified atom stereocenters. The van der Waals surface area contributed by atoms with Gasteiger partial charge in [0.05, 0.1) is 0 Å². The molecule has 4 nitrogen and oxygen atoms in total. The maximum absolute atomic E-state index is 13.8. The minimum absolute atomic E-state index is 0.0420. The molecule has 1 aliphatic heterocycles. The fourth-order valence-corrected chi connectivity index (χ4v) is 5.19. The Kier molecular flexibility index (Phi) is 4.95. The molecule has 0 spiro atoms. The molecule has 0 saturated carbocycles. The van der Waals surface area contributed by atoms with E-state index < -0.39 is 43.5 Å². The zero-order valence-corrected chi connectivity index (χ0v) is 16.1. The van der Waals surface area contributed by atoms with Gasteiger partial charge in [-0.2, -0.15) is 0 Å². The minimum Gasteiger partial charge on any atom is -0.285 e. The van der Waals surface area contributed by atoms with Crippen LogP contribution in [0.5, 0.6) is 0 Å². The summed E-state index contributed by atoms with van der Waals surface area (Å²) in [5.41, 5.74) is 0.499. The van der Waals surface area contributed by atoms with Crippen molar-refractivity contribution in [3.8, 4) is 0 Å². The van der Waals surface area contributed by atoms with E-state index in [2.05, 4.69) is 0 Å². The Morgan fingerprint density at radius 2 is 1.40 bits per heavy atom. The SMILES string of the molecule is O=C1/C(=C\c2ccc(F)cc2)S(=O)(=O)C(c2ccc(F)cc2)N1c1cccc(F)c1. The van der Waals surface area contributed by atoms with Gasteiger partial charge in [0.25, 0.3) is 5.91 Å². The summed E-state index contributed by atoms with van der Waals surface area (Å²) in [6.45, 7) is 0. The van der Waals surface area contributed by atoms with E-state index in [1.54, 1.807) is 0 Å². The van der Waals surface area contributed by atoms with E-state index >= 15 is 0 Å². The Labute approximate surface area is 170 Å². The van der Waals surface area contributed by atoms with Gasteiger partial charge in [0, 0.05) is 5.69 Å². The summed E-state index contributed by atoms with van der Waals surface area (Å²) in [6, 6.07) is 14.6. The van der Waals surface area contributed by atoms with E-state index in [1.165, 1.54) is 42.5 Å². The monoisotopic (exact) mass is 429 g/mol. The first kappa shape index (κ1) is 19.9. The van der Waals surface area contributed by atoms with E-state index in [9.17, 15) is 26.4 Å². The number of carbonyl (C=O) groups excluding carboxylic acids is 1. The van der Waals surface area contributed by atoms with Crippen molar-refractivity contribution < 1.29 is 26.4 Å². The molecule has 0 N–H and O–H groups in total. The number of halogens is 3. The average molecular weight is 429 g/mol. The molecule has 1 heterocycles. The molecular weight excluding hydrogens is 415 g/mol. The summed E-state index contributed by atoms with van der Waals surface area (Å²) in [5.74, 6) is -2.59. The second kappa shape index (κ2) is 7.46. The largest absolute Gasteiger partial charge is 0.285 e. The van der Waals surface area contributed by atoms with E-state index in [1.807, 2.05) is 0 Å². The van der Waals surface area contributed by atoms with Gasteiger partial charge in [0.1, 0.15) is 22.4 Å². The topological polar surface area (TPSA) is 54.5 Å². The van der Waals surface area contributed by atoms with Crippen LogP contribution in [0, 0.1) is 17.5 Å². The van der Waals surface area contributed by atoms with Crippen molar-refractivity contribution in [2.45, 2.75) is 5.37 Å². The van der Waals surface area contributed by atoms with Crippen LogP contribution in [-0.4, -0.2) is 14.3 Å². The molecule has 4 rings (SSSR count). The van der Waals surface area contributed by atoms with Gasteiger partial charge in [-0.05, 0) is 59.7 Å². The Morgan fingerprint density at radius 1 is 0.800 bits per heavy atom. The molecule has 1 amide bonds. The zero-order chi connectivity index (χ0) is 21.5. The van der Waals surface area contributed by atoms with Crippen LogP contribution < -0.4 is 4.90 Å². The lowest BCUT2D eigenvalue weighted by Gasteiger charge is -2.23. The quantitative estimate of drug-likeness (QED) is 0.572. The molecule has 1 fully saturated rings. The molecule has 1 atom stereocenters. The van der Waals surface area contributed by atoms with Crippen LogP contribution in [0.25, 0.3) is 6.08 Å². The molecule has 30 heavy (non-hydrogen) atoms. The van der Waals surface area contributed by atoms with Crippen molar-refractivity contribution in [3.05, 3.63) is 106 Å². The molecule has 1 aliphatic rings. The molecule has 0 aromatic heterocycles. The fourth-order valence-electron chi connectivity index (χ4n) is 3.29. The fraction of sp³-hybridized carbons (Fsp3) is 0.0455. The highest BCUT2D eigenvalue weighted by Gasteiger charge is 2.50. The maximum atomic E-state index is 13.8. The maximum Gasteiger partial charge on any atom is 0.271 e. The number of hydrogen-bond donors (Lipinski definition) is 0. The van der Waals surface area contributed by atoms with Gasteiger partial charge in [-0.15, -0.1) is 0 Å². The van der Waals surface area contributed by atoms with Crippen LogP contribution in [-0.2, 0) is 14.6 Å². The summed E-state index contributed by atoms with van der Waals surface area (Å²) < 4.78 is 67.1. The summed E-state index contributed by atoms with van der Waals surface area (Å²) in [4.78, 5) is 13.6. The molecule has 152 valence electrons. The second-order valence-corrected chi connectivity index (χ2v) is 8.64. The predicted molar refractivity (Wildman–Crippen MR) is 106 cm³/mol. The Bertz CT molecular complexity index is 1250. The lowest BCUT2D eigenvalue weighted by atomic mass is 10.1. The smallest absolute Gasteiger partial charge is 0.271 e. The highest BCUT2D eigenvalue weighted by atomic mass is 32.2. The van der Waals surface area contributed by atoms with Gasteiger partial charge < -0.3 is 0 Å². The Hall–Kier alpha value is -3.39. The number of rotatable bonds is 3. The molecule has 0 bridgehead atoms. The highest BCUT2D eigenvalue weighted by Crippen LogP contribution is 2.43. The lowest BCUT2D eigenvalue weighted by Crippen LogP contribution is -2.29. The van der Waals surface area contributed by atoms with Crippen molar-refractivity contribution in [2.75, 3.05) is 4.90 Å². The van der Waals surface area contributed by atoms with E-state index in [4.69, 9.17) is 0 Å². The zero-order valence-electron chi connectivity index (χ0n) is 15.3. The number of amides is 1. The standard InChI is InChI=1S/C22H14F3NO3S/c23-16-8-4-14(5-9-16)12-20-21(27)26(19-3-1-2-18(25)13-19)22(30(20,28)29)15-6-10-17(24)11-7-15/h1-13,22H/b20-12+. The van der Waals surface area contributed by atoms with Crippen LogP contribution in [0.4, 0.5) is 18.9 Å². The van der Waals surface area contributed by atoms with Crippen LogP contribution in [0.1, 0.15) is 16.5 Å². The average Bonchev–Trinajstić information content (AvgIpc) is 2.90. The third-order valence-electron chi connectivity index (χ3n) is 4.67. The first-order chi connectivity index (χ1) is 14.3. The number of benzene rings is 3. The van der Waals surface area contributed by atoms with Crippen molar-refractivity contribution in [1.82, 2.24) is 0 Å².